The van der Waals surface area contributed by atoms with Gasteiger partial charge in [-0.3, -0.25) is 4.79 Å². The SMILES string of the molecule is COC(=O)CCN(C)S(=O)(=O)N1CC[C@@H](O)C1. The third-order valence-corrected chi connectivity index (χ3v) is 4.66. The topological polar surface area (TPSA) is 87.2 Å². The number of carbonyl (C=O) groups excluding carboxylic acids is 1. The monoisotopic (exact) mass is 266 g/mol. The first-order valence-corrected chi connectivity index (χ1v) is 6.74. The molecule has 0 radical (unpaired) electrons. The molecule has 1 N–H and O–H groups in total. The van der Waals surface area contributed by atoms with Gasteiger partial charge in [-0.1, -0.05) is 0 Å². The Hall–Kier alpha value is -0.700. The van der Waals surface area contributed by atoms with Crippen LogP contribution in [0, 0.1) is 0 Å². The van der Waals surface area contributed by atoms with Gasteiger partial charge < -0.3 is 9.84 Å². The number of methoxy groups -OCH3 is 1. The lowest BCUT2D eigenvalue weighted by Gasteiger charge is -2.23. The molecule has 1 fully saturated rings. The third-order valence-electron chi connectivity index (χ3n) is 2.70. The fourth-order valence-electron chi connectivity index (χ4n) is 1.58. The van der Waals surface area contributed by atoms with Crippen LogP contribution >= 0.6 is 0 Å². The second kappa shape index (κ2) is 5.76. The molecule has 0 aromatic rings. The molecule has 0 unspecified atom stereocenters. The first-order chi connectivity index (χ1) is 7.87. The molecule has 1 saturated heterocycles. The number of β-amino-alcohol motifs (C(OH)–C–C–N with tert-alkyl or cyclic N) is 1. The zero-order chi connectivity index (χ0) is 13.1. The van der Waals surface area contributed by atoms with Crippen molar-refractivity contribution in [1.29, 1.82) is 0 Å². The second-order valence-electron chi connectivity index (χ2n) is 3.96. The number of hydrogen-bond acceptors (Lipinski definition) is 5. The van der Waals surface area contributed by atoms with Crippen molar-refractivity contribution < 1.29 is 23.1 Å². The Morgan fingerprint density at radius 1 is 1.59 bits per heavy atom. The summed E-state index contributed by atoms with van der Waals surface area (Å²) in [5.41, 5.74) is 0. The molecule has 0 saturated carbocycles. The largest absolute Gasteiger partial charge is 0.469 e. The number of carbonyl (C=O) groups is 1. The maximum Gasteiger partial charge on any atom is 0.306 e. The fourth-order valence-corrected chi connectivity index (χ4v) is 3.00. The highest BCUT2D eigenvalue weighted by Gasteiger charge is 2.33. The van der Waals surface area contributed by atoms with Crippen molar-refractivity contribution in [2.75, 3.05) is 33.8 Å². The number of rotatable bonds is 5. The molecule has 1 aliphatic heterocycles. The van der Waals surface area contributed by atoms with E-state index < -0.39 is 22.3 Å². The summed E-state index contributed by atoms with van der Waals surface area (Å²) in [4.78, 5) is 10.9. The van der Waals surface area contributed by atoms with Crippen molar-refractivity contribution in [3.63, 3.8) is 0 Å². The molecule has 1 heterocycles. The van der Waals surface area contributed by atoms with E-state index in [0.717, 1.165) is 4.31 Å². The smallest absolute Gasteiger partial charge is 0.306 e. The summed E-state index contributed by atoms with van der Waals surface area (Å²) in [6, 6.07) is 0. The first kappa shape index (κ1) is 14.4. The average molecular weight is 266 g/mol. The van der Waals surface area contributed by atoms with Gasteiger partial charge in [0, 0.05) is 26.7 Å². The van der Waals surface area contributed by atoms with Crippen LogP contribution in [0.2, 0.25) is 0 Å². The molecule has 0 aliphatic carbocycles. The van der Waals surface area contributed by atoms with Gasteiger partial charge in [0.2, 0.25) is 0 Å². The van der Waals surface area contributed by atoms with Crippen LogP contribution < -0.4 is 0 Å². The van der Waals surface area contributed by atoms with E-state index in [1.807, 2.05) is 0 Å². The molecule has 17 heavy (non-hydrogen) atoms. The quantitative estimate of drug-likeness (QED) is 0.631. The van der Waals surface area contributed by atoms with Crippen molar-refractivity contribution in [2.45, 2.75) is 18.9 Å². The summed E-state index contributed by atoms with van der Waals surface area (Å²) in [7, 11) is -0.913. The zero-order valence-corrected chi connectivity index (χ0v) is 10.8. The van der Waals surface area contributed by atoms with Crippen LogP contribution in [-0.4, -0.2) is 68.0 Å². The highest BCUT2D eigenvalue weighted by Crippen LogP contribution is 2.16. The summed E-state index contributed by atoms with van der Waals surface area (Å²) < 4.78 is 30.7. The second-order valence-corrected chi connectivity index (χ2v) is 5.99. The van der Waals surface area contributed by atoms with Crippen molar-refractivity contribution in [3.8, 4) is 0 Å². The lowest BCUT2D eigenvalue weighted by molar-refractivity contribution is -0.140. The van der Waals surface area contributed by atoms with Crippen LogP contribution in [0.1, 0.15) is 12.8 Å². The van der Waals surface area contributed by atoms with Crippen LogP contribution in [0.5, 0.6) is 0 Å². The van der Waals surface area contributed by atoms with E-state index in [1.165, 1.54) is 18.5 Å². The Bertz CT molecular complexity index is 370. The number of aliphatic hydroxyl groups is 1. The molecular formula is C9H18N2O5S. The van der Waals surface area contributed by atoms with Gasteiger partial charge in [0.05, 0.1) is 19.6 Å². The Balaban J connectivity index is 2.55. The summed E-state index contributed by atoms with van der Waals surface area (Å²) in [6.07, 6.45) is -0.133. The van der Waals surface area contributed by atoms with E-state index in [0.29, 0.717) is 13.0 Å². The highest BCUT2D eigenvalue weighted by molar-refractivity contribution is 7.86. The van der Waals surface area contributed by atoms with Crippen LogP contribution in [0.3, 0.4) is 0 Å². The third kappa shape index (κ3) is 3.63. The lowest BCUT2D eigenvalue weighted by Crippen LogP contribution is -2.41. The van der Waals surface area contributed by atoms with Crippen molar-refractivity contribution in [3.05, 3.63) is 0 Å². The predicted molar refractivity (Wildman–Crippen MR) is 60.4 cm³/mol. The predicted octanol–water partition coefficient (Wildman–Crippen LogP) is -1.21. The molecule has 100 valence electrons. The zero-order valence-electron chi connectivity index (χ0n) is 10.00. The number of hydrogen-bond donors (Lipinski definition) is 1. The van der Waals surface area contributed by atoms with Crippen LogP contribution in [-0.2, 0) is 19.7 Å². The van der Waals surface area contributed by atoms with Crippen molar-refractivity contribution in [1.82, 2.24) is 8.61 Å². The average Bonchev–Trinajstić information content (AvgIpc) is 2.72. The maximum absolute atomic E-state index is 12.0. The molecule has 0 aromatic heterocycles. The number of ether oxygens (including phenoxy) is 1. The lowest BCUT2D eigenvalue weighted by atomic mass is 10.3. The Morgan fingerprint density at radius 2 is 2.24 bits per heavy atom. The molecule has 0 aromatic carbocycles. The normalized spacial score (nSPS) is 22.0. The molecule has 0 amide bonds. The molecule has 0 bridgehead atoms. The van der Waals surface area contributed by atoms with E-state index in [4.69, 9.17) is 0 Å². The Kier molecular flexibility index (Phi) is 4.87. The Labute approximate surface area is 101 Å². The summed E-state index contributed by atoms with van der Waals surface area (Å²) in [5, 5.41) is 9.30. The number of aliphatic hydroxyl groups excluding tert-OH is 1. The van der Waals surface area contributed by atoms with E-state index in [9.17, 15) is 18.3 Å². The molecular weight excluding hydrogens is 248 g/mol. The van der Waals surface area contributed by atoms with Gasteiger partial charge in [-0.15, -0.1) is 0 Å². The van der Waals surface area contributed by atoms with Gasteiger partial charge in [-0.05, 0) is 6.42 Å². The number of nitrogens with zero attached hydrogens (tertiary/aromatic N) is 2. The van der Waals surface area contributed by atoms with E-state index in [-0.39, 0.29) is 19.5 Å². The van der Waals surface area contributed by atoms with Gasteiger partial charge >= 0.3 is 5.97 Å². The molecule has 0 spiro atoms. The molecule has 1 atom stereocenters. The van der Waals surface area contributed by atoms with Crippen molar-refractivity contribution in [2.24, 2.45) is 0 Å². The molecule has 1 rings (SSSR count). The van der Waals surface area contributed by atoms with Gasteiger partial charge in [-0.2, -0.15) is 17.0 Å². The molecule has 1 aliphatic rings. The summed E-state index contributed by atoms with van der Waals surface area (Å²) in [5.74, 6) is -0.450. The number of esters is 1. The minimum atomic E-state index is -3.58. The van der Waals surface area contributed by atoms with Gasteiger partial charge in [0.15, 0.2) is 0 Å². The molecule has 8 heteroatoms. The standard InChI is InChI=1S/C9H18N2O5S/c1-10(5-4-9(13)16-2)17(14,15)11-6-3-8(12)7-11/h8,12H,3-7H2,1-2H3/t8-/m1/s1. The van der Waals surface area contributed by atoms with Gasteiger partial charge in [0.1, 0.15) is 0 Å². The first-order valence-electron chi connectivity index (χ1n) is 5.34. The summed E-state index contributed by atoms with van der Waals surface area (Å²) in [6.45, 7) is 0.499. The molecule has 7 nitrogen and oxygen atoms in total. The minimum absolute atomic E-state index is 0.0165. The van der Waals surface area contributed by atoms with Crippen LogP contribution in [0.4, 0.5) is 0 Å². The van der Waals surface area contributed by atoms with Gasteiger partial charge in [-0.25, -0.2) is 0 Å². The van der Waals surface area contributed by atoms with E-state index >= 15 is 0 Å². The Morgan fingerprint density at radius 3 is 2.71 bits per heavy atom. The summed E-state index contributed by atoms with van der Waals surface area (Å²) >= 11 is 0. The minimum Gasteiger partial charge on any atom is -0.469 e. The van der Waals surface area contributed by atoms with Crippen LogP contribution in [0.15, 0.2) is 0 Å². The fraction of sp³-hybridized carbons (Fsp3) is 0.889. The van der Waals surface area contributed by atoms with Gasteiger partial charge in [0.25, 0.3) is 10.2 Å². The van der Waals surface area contributed by atoms with Crippen molar-refractivity contribution >= 4 is 16.2 Å². The van der Waals surface area contributed by atoms with Crippen LogP contribution in [0.25, 0.3) is 0 Å². The van der Waals surface area contributed by atoms with E-state index in [1.54, 1.807) is 0 Å². The maximum atomic E-state index is 12.0. The highest BCUT2D eigenvalue weighted by atomic mass is 32.2. The van der Waals surface area contributed by atoms with E-state index in [2.05, 4.69) is 4.74 Å².